The molecule has 2 aliphatic heterocycles. The highest BCUT2D eigenvalue weighted by molar-refractivity contribution is 9.10. The molecule has 1 unspecified atom stereocenters. The summed E-state index contributed by atoms with van der Waals surface area (Å²) in [5.74, 6) is -0.00347. The maximum atomic E-state index is 13.1. The fourth-order valence-corrected chi connectivity index (χ4v) is 4.42. The van der Waals surface area contributed by atoms with Crippen LogP contribution in [0.25, 0.3) is 0 Å². The SMILES string of the molecule is CC(C)N1CC2(CC(c3cccs3)=NO2)CN1C(=O)c1ccc(Br)cc1. The Morgan fingerprint density at radius 2 is 2.04 bits per heavy atom. The number of rotatable bonds is 3. The summed E-state index contributed by atoms with van der Waals surface area (Å²) < 4.78 is 0.959. The van der Waals surface area contributed by atoms with Gasteiger partial charge in [-0.3, -0.25) is 9.80 Å². The molecule has 0 bridgehead atoms. The zero-order valence-corrected chi connectivity index (χ0v) is 17.1. The van der Waals surface area contributed by atoms with Gasteiger partial charge < -0.3 is 4.84 Å². The topological polar surface area (TPSA) is 45.1 Å². The van der Waals surface area contributed by atoms with Crippen LogP contribution in [0.5, 0.6) is 0 Å². The van der Waals surface area contributed by atoms with Crippen molar-refractivity contribution >= 4 is 38.9 Å². The second kappa shape index (κ2) is 6.79. The summed E-state index contributed by atoms with van der Waals surface area (Å²) in [5, 5.41) is 10.3. The van der Waals surface area contributed by atoms with Gasteiger partial charge in [-0.15, -0.1) is 11.3 Å². The second-order valence-corrected chi connectivity index (χ2v) is 8.89. The predicted octanol–water partition coefficient (Wildman–Crippen LogP) is 4.16. The molecule has 0 N–H and O–H groups in total. The highest BCUT2D eigenvalue weighted by Crippen LogP contribution is 2.36. The molecule has 1 spiro atoms. The van der Waals surface area contributed by atoms with Crippen LogP contribution >= 0.6 is 27.3 Å². The number of carbonyl (C=O) groups excluding carboxylic acids is 1. The molecule has 136 valence electrons. The van der Waals surface area contributed by atoms with Crippen LogP contribution in [-0.2, 0) is 4.84 Å². The first-order valence-electron chi connectivity index (χ1n) is 8.60. The van der Waals surface area contributed by atoms with Crippen molar-refractivity contribution in [2.45, 2.75) is 31.9 Å². The molecule has 26 heavy (non-hydrogen) atoms. The summed E-state index contributed by atoms with van der Waals surface area (Å²) in [7, 11) is 0. The average molecular weight is 434 g/mol. The minimum absolute atomic E-state index is 0.00347. The third kappa shape index (κ3) is 3.19. The van der Waals surface area contributed by atoms with E-state index in [4.69, 9.17) is 4.84 Å². The number of carbonyl (C=O) groups is 1. The maximum absolute atomic E-state index is 13.1. The molecule has 0 saturated carbocycles. The standard InChI is InChI=1S/C19H20BrN3O2S/c1-13(2)22-11-19(10-16(21-25-19)17-4-3-9-26-17)12-23(22)18(24)14-5-7-15(20)8-6-14/h3-9,13H,10-12H2,1-2H3. The van der Waals surface area contributed by atoms with Crippen molar-refractivity contribution in [1.29, 1.82) is 0 Å². The smallest absolute Gasteiger partial charge is 0.268 e. The van der Waals surface area contributed by atoms with E-state index >= 15 is 0 Å². The molecule has 1 aromatic carbocycles. The first-order valence-corrected chi connectivity index (χ1v) is 10.3. The first kappa shape index (κ1) is 17.7. The molecule has 1 fully saturated rings. The van der Waals surface area contributed by atoms with Crippen molar-refractivity contribution in [3.8, 4) is 0 Å². The molecule has 2 aromatic rings. The average Bonchev–Trinajstić information content (AvgIpc) is 3.35. The Bertz CT molecular complexity index is 835. The quantitative estimate of drug-likeness (QED) is 0.729. The molecule has 4 rings (SSSR count). The van der Waals surface area contributed by atoms with E-state index in [1.54, 1.807) is 11.3 Å². The van der Waals surface area contributed by atoms with Crippen molar-refractivity contribution in [1.82, 2.24) is 10.0 Å². The number of hydrogen-bond acceptors (Lipinski definition) is 5. The van der Waals surface area contributed by atoms with Crippen LogP contribution in [0, 0.1) is 0 Å². The van der Waals surface area contributed by atoms with Gasteiger partial charge in [0.2, 0.25) is 0 Å². The van der Waals surface area contributed by atoms with Crippen LogP contribution in [0.4, 0.5) is 0 Å². The number of nitrogens with zero attached hydrogens (tertiary/aromatic N) is 3. The molecule has 1 amide bonds. The van der Waals surface area contributed by atoms with E-state index in [1.807, 2.05) is 40.7 Å². The van der Waals surface area contributed by atoms with Gasteiger partial charge in [-0.1, -0.05) is 27.2 Å². The third-order valence-corrected chi connectivity index (χ3v) is 6.21. The number of hydrogen-bond donors (Lipinski definition) is 0. The Hall–Kier alpha value is -1.70. The summed E-state index contributed by atoms with van der Waals surface area (Å²) in [6, 6.07) is 11.8. The Balaban J connectivity index is 1.56. The summed E-state index contributed by atoms with van der Waals surface area (Å²) in [6.07, 6.45) is 0.723. The maximum Gasteiger partial charge on any atom is 0.268 e. The number of benzene rings is 1. The van der Waals surface area contributed by atoms with Crippen LogP contribution in [0.1, 0.15) is 35.5 Å². The van der Waals surface area contributed by atoms with E-state index in [-0.39, 0.29) is 11.9 Å². The van der Waals surface area contributed by atoms with E-state index in [9.17, 15) is 4.79 Å². The van der Waals surface area contributed by atoms with Crippen molar-refractivity contribution in [3.05, 3.63) is 56.7 Å². The summed E-state index contributed by atoms with van der Waals surface area (Å²) in [4.78, 5) is 20.1. The number of hydrazine groups is 1. The molecule has 1 atom stereocenters. The zero-order chi connectivity index (χ0) is 18.3. The lowest BCUT2D eigenvalue weighted by molar-refractivity contribution is -0.00412. The summed E-state index contributed by atoms with van der Waals surface area (Å²) in [5.41, 5.74) is 1.18. The molecule has 3 heterocycles. The van der Waals surface area contributed by atoms with Gasteiger partial charge >= 0.3 is 0 Å². The minimum atomic E-state index is -0.464. The van der Waals surface area contributed by atoms with Gasteiger partial charge in [0.1, 0.15) is 5.71 Å². The van der Waals surface area contributed by atoms with Crippen molar-refractivity contribution < 1.29 is 9.63 Å². The lowest BCUT2D eigenvalue weighted by Gasteiger charge is -2.30. The van der Waals surface area contributed by atoms with Gasteiger partial charge in [-0.25, -0.2) is 5.01 Å². The number of oxime groups is 1. The number of thiophene rings is 1. The Morgan fingerprint density at radius 3 is 2.69 bits per heavy atom. The molecule has 5 nitrogen and oxygen atoms in total. The molecular weight excluding hydrogens is 414 g/mol. The predicted molar refractivity (Wildman–Crippen MR) is 106 cm³/mol. The van der Waals surface area contributed by atoms with Gasteiger partial charge in [-0.05, 0) is 49.6 Å². The second-order valence-electron chi connectivity index (χ2n) is 7.03. The van der Waals surface area contributed by atoms with E-state index in [2.05, 4.69) is 46.0 Å². The largest absolute Gasteiger partial charge is 0.385 e. The van der Waals surface area contributed by atoms with E-state index < -0.39 is 5.60 Å². The van der Waals surface area contributed by atoms with E-state index in [0.717, 1.165) is 21.5 Å². The van der Waals surface area contributed by atoms with Crippen molar-refractivity contribution in [2.75, 3.05) is 13.1 Å². The van der Waals surface area contributed by atoms with Gasteiger partial charge in [0.15, 0.2) is 5.60 Å². The molecule has 0 radical (unpaired) electrons. The number of amides is 1. The van der Waals surface area contributed by atoms with Crippen molar-refractivity contribution in [3.63, 3.8) is 0 Å². The van der Waals surface area contributed by atoms with Gasteiger partial charge in [0.05, 0.1) is 18.0 Å². The van der Waals surface area contributed by atoms with E-state index in [0.29, 0.717) is 18.7 Å². The lowest BCUT2D eigenvalue weighted by atomic mass is 9.97. The van der Waals surface area contributed by atoms with Crippen molar-refractivity contribution in [2.24, 2.45) is 5.16 Å². The van der Waals surface area contributed by atoms with Crippen LogP contribution < -0.4 is 0 Å². The molecule has 1 aromatic heterocycles. The Morgan fingerprint density at radius 1 is 1.27 bits per heavy atom. The van der Waals surface area contributed by atoms with E-state index in [1.165, 1.54) is 0 Å². The molecule has 0 aliphatic carbocycles. The van der Waals surface area contributed by atoms with Gasteiger partial charge in [-0.2, -0.15) is 0 Å². The fourth-order valence-electron chi connectivity index (χ4n) is 3.45. The zero-order valence-electron chi connectivity index (χ0n) is 14.7. The van der Waals surface area contributed by atoms with Gasteiger partial charge in [0, 0.05) is 22.5 Å². The van der Waals surface area contributed by atoms with Gasteiger partial charge in [0.25, 0.3) is 5.91 Å². The van der Waals surface area contributed by atoms with Crippen LogP contribution in [0.2, 0.25) is 0 Å². The molecule has 2 aliphatic rings. The number of halogens is 1. The normalized spacial score (nSPS) is 22.9. The monoisotopic (exact) mass is 433 g/mol. The highest BCUT2D eigenvalue weighted by Gasteiger charge is 2.51. The highest BCUT2D eigenvalue weighted by atomic mass is 79.9. The summed E-state index contributed by atoms with van der Waals surface area (Å²) in [6.45, 7) is 5.36. The molecule has 1 saturated heterocycles. The van der Waals surface area contributed by atoms with Crippen LogP contribution in [-0.4, -0.2) is 46.4 Å². The molecule has 7 heteroatoms. The Kier molecular flexibility index (Phi) is 4.62. The van der Waals surface area contributed by atoms with Crippen LogP contribution in [0.15, 0.2) is 51.4 Å². The summed E-state index contributed by atoms with van der Waals surface area (Å²) >= 11 is 5.08. The molecular formula is C19H20BrN3O2S. The van der Waals surface area contributed by atoms with Crippen LogP contribution in [0.3, 0.4) is 0 Å². The third-order valence-electron chi connectivity index (χ3n) is 4.76. The minimum Gasteiger partial charge on any atom is -0.385 e. The Labute approximate surface area is 165 Å². The first-order chi connectivity index (χ1) is 12.5. The lowest BCUT2D eigenvalue weighted by Crippen LogP contribution is -2.44. The fraction of sp³-hybridized carbons (Fsp3) is 0.368.